The van der Waals surface area contributed by atoms with Crippen LogP contribution in [0.25, 0.3) is 0 Å². The zero-order valence-electron chi connectivity index (χ0n) is 14.4. The average molecular weight is 329 g/mol. The molecule has 0 aliphatic carbocycles. The van der Waals surface area contributed by atoms with E-state index in [9.17, 15) is 9.59 Å². The summed E-state index contributed by atoms with van der Waals surface area (Å²) >= 11 is 4.56. The van der Waals surface area contributed by atoms with Gasteiger partial charge in [0, 0.05) is 17.7 Å². The molecule has 0 aromatic carbocycles. The second-order valence-electron chi connectivity index (χ2n) is 5.87. The predicted octanol–water partition coefficient (Wildman–Crippen LogP) is 3.04. The number of nitrogens with zero attached hydrogens (tertiary/aromatic N) is 1. The molecule has 1 aliphatic heterocycles. The van der Waals surface area contributed by atoms with Gasteiger partial charge in [-0.05, 0) is 39.8 Å². The van der Waals surface area contributed by atoms with Gasteiger partial charge in [0.1, 0.15) is 0 Å². The number of imide groups is 1. The van der Waals surface area contributed by atoms with Crippen molar-refractivity contribution in [2.45, 2.75) is 57.1 Å². The molecule has 2 unspecified atom stereocenters. The molecule has 2 atom stereocenters. The summed E-state index contributed by atoms with van der Waals surface area (Å²) in [6.07, 6.45) is 5.37. The van der Waals surface area contributed by atoms with E-state index in [2.05, 4.69) is 31.1 Å². The molecule has 5 heteroatoms. The fourth-order valence-electron chi connectivity index (χ4n) is 2.58. The zero-order valence-corrected chi connectivity index (χ0v) is 15.3. The summed E-state index contributed by atoms with van der Waals surface area (Å²) < 4.78 is -0.381. The van der Waals surface area contributed by atoms with Crippen molar-refractivity contribution in [3.63, 3.8) is 0 Å². The maximum Gasteiger partial charge on any atom is 0.234 e. The fourth-order valence-corrected chi connectivity index (χ4v) is 2.78. The first-order valence-electron chi connectivity index (χ1n) is 8.15. The second kappa shape index (κ2) is 10.8. The minimum atomic E-state index is -0.381. The van der Waals surface area contributed by atoms with Crippen LogP contribution in [0.3, 0.4) is 0 Å². The Morgan fingerprint density at radius 1 is 1.27 bits per heavy atom. The highest BCUT2D eigenvalue weighted by atomic mass is 32.1. The van der Waals surface area contributed by atoms with Crippen molar-refractivity contribution < 1.29 is 9.59 Å². The molecule has 4 nitrogen and oxygen atoms in total. The van der Waals surface area contributed by atoms with E-state index < -0.39 is 0 Å². The molecule has 1 heterocycles. The van der Waals surface area contributed by atoms with Crippen LogP contribution in [0.4, 0.5) is 0 Å². The third-order valence-corrected chi connectivity index (χ3v) is 4.90. The molecule has 0 aromatic rings. The summed E-state index contributed by atoms with van der Waals surface area (Å²) in [4.78, 5) is 25.8. The number of hydrogen-bond donors (Lipinski definition) is 2. The predicted molar refractivity (Wildman–Crippen MR) is 96.2 cm³/mol. The van der Waals surface area contributed by atoms with Crippen LogP contribution in [-0.2, 0) is 9.59 Å². The van der Waals surface area contributed by atoms with Crippen LogP contribution in [0.1, 0.15) is 52.4 Å². The number of carbonyl (C=O) groups is 2. The lowest BCUT2D eigenvalue weighted by molar-refractivity contribution is -0.139. The molecule has 2 amide bonds. The Hall–Kier alpha value is -0.810. The highest BCUT2D eigenvalue weighted by Crippen LogP contribution is 2.36. The molecule has 0 radical (unpaired) electrons. The number of thiol groups is 1. The van der Waals surface area contributed by atoms with Crippen molar-refractivity contribution in [1.29, 1.82) is 0 Å². The van der Waals surface area contributed by atoms with Gasteiger partial charge in [0.25, 0.3) is 0 Å². The molecule has 22 heavy (non-hydrogen) atoms. The Morgan fingerprint density at radius 2 is 1.86 bits per heavy atom. The van der Waals surface area contributed by atoms with Gasteiger partial charge in [-0.15, -0.1) is 13.2 Å². The normalized spacial score (nSPS) is 20.5. The van der Waals surface area contributed by atoms with E-state index in [-0.39, 0.29) is 22.5 Å². The number of rotatable bonds is 9. The first-order chi connectivity index (χ1) is 10.4. The standard InChI is InChI=1S/C15H28N2O2S.C2H4/c1-4-15(2,20)12-11-13(18)17(14(12)19)10-8-6-5-7-9-16-3;1-2/h12,16,20H,4-11H2,1-3H3;1-2H2. The summed E-state index contributed by atoms with van der Waals surface area (Å²) in [5, 5.41) is 3.12. The van der Waals surface area contributed by atoms with E-state index in [0.29, 0.717) is 13.0 Å². The molecule has 0 aromatic heterocycles. The minimum Gasteiger partial charge on any atom is -0.320 e. The van der Waals surface area contributed by atoms with Crippen LogP contribution in [0.15, 0.2) is 13.2 Å². The first-order valence-corrected chi connectivity index (χ1v) is 8.60. The van der Waals surface area contributed by atoms with Gasteiger partial charge in [-0.3, -0.25) is 14.5 Å². The lowest BCUT2D eigenvalue weighted by Crippen LogP contribution is -2.37. The summed E-state index contributed by atoms with van der Waals surface area (Å²) in [5.74, 6) is -0.304. The molecule has 1 rings (SSSR count). The van der Waals surface area contributed by atoms with Crippen molar-refractivity contribution in [2.24, 2.45) is 5.92 Å². The largest absolute Gasteiger partial charge is 0.320 e. The monoisotopic (exact) mass is 328 g/mol. The number of hydrogen-bond acceptors (Lipinski definition) is 4. The van der Waals surface area contributed by atoms with Gasteiger partial charge in [-0.2, -0.15) is 12.6 Å². The molecule has 0 bridgehead atoms. The molecule has 1 aliphatic rings. The number of unbranched alkanes of at least 4 members (excludes halogenated alkanes) is 3. The number of amides is 2. The van der Waals surface area contributed by atoms with Gasteiger partial charge in [-0.25, -0.2) is 0 Å². The number of nitrogens with one attached hydrogen (secondary N) is 1. The Labute approximate surface area is 141 Å². The van der Waals surface area contributed by atoms with Gasteiger partial charge in [0.2, 0.25) is 11.8 Å². The van der Waals surface area contributed by atoms with E-state index in [1.165, 1.54) is 4.90 Å². The van der Waals surface area contributed by atoms with Crippen molar-refractivity contribution in [1.82, 2.24) is 10.2 Å². The van der Waals surface area contributed by atoms with Crippen molar-refractivity contribution in [3.05, 3.63) is 13.2 Å². The van der Waals surface area contributed by atoms with Crippen LogP contribution < -0.4 is 5.32 Å². The van der Waals surface area contributed by atoms with Crippen LogP contribution >= 0.6 is 12.6 Å². The van der Waals surface area contributed by atoms with Crippen molar-refractivity contribution >= 4 is 24.4 Å². The highest BCUT2D eigenvalue weighted by molar-refractivity contribution is 7.81. The highest BCUT2D eigenvalue weighted by Gasteiger charge is 2.46. The third kappa shape index (κ3) is 6.13. The van der Waals surface area contributed by atoms with E-state index in [4.69, 9.17) is 0 Å². The summed E-state index contributed by atoms with van der Waals surface area (Å²) in [6, 6.07) is 0. The third-order valence-electron chi connectivity index (χ3n) is 4.27. The Balaban J connectivity index is 0.00000211. The Bertz CT molecular complexity index is 359. The van der Waals surface area contributed by atoms with E-state index in [0.717, 1.165) is 38.6 Å². The second-order valence-corrected chi connectivity index (χ2v) is 6.89. The van der Waals surface area contributed by atoms with E-state index in [1.807, 2.05) is 20.9 Å². The maximum atomic E-state index is 12.3. The topological polar surface area (TPSA) is 49.4 Å². The maximum absolute atomic E-state index is 12.3. The summed E-state index contributed by atoms with van der Waals surface area (Å²) in [6.45, 7) is 11.6. The Kier molecular flexibility index (Phi) is 10.4. The SMILES string of the molecule is C=C.CCC(C)(S)C1CC(=O)N(CCCCCCNC)C1=O. The molecule has 1 fully saturated rings. The lowest BCUT2D eigenvalue weighted by atomic mass is 9.89. The molecule has 1 saturated heterocycles. The molecular weight excluding hydrogens is 296 g/mol. The molecule has 0 spiro atoms. The van der Waals surface area contributed by atoms with Crippen LogP contribution in [-0.4, -0.2) is 41.6 Å². The molecule has 1 N–H and O–H groups in total. The number of carbonyl (C=O) groups excluding carboxylic acids is 2. The van der Waals surface area contributed by atoms with E-state index >= 15 is 0 Å². The average Bonchev–Trinajstić information content (AvgIpc) is 2.81. The first kappa shape index (κ1) is 21.2. The summed E-state index contributed by atoms with van der Waals surface area (Å²) in [7, 11) is 1.95. The molecular formula is C17H32N2O2S. The minimum absolute atomic E-state index is 0.0235. The zero-order chi connectivity index (χ0) is 17.2. The van der Waals surface area contributed by atoms with Crippen LogP contribution in [0.2, 0.25) is 0 Å². The lowest BCUT2D eigenvalue weighted by Gasteiger charge is -2.27. The van der Waals surface area contributed by atoms with Crippen molar-refractivity contribution in [2.75, 3.05) is 20.1 Å². The fraction of sp³-hybridized carbons (Fsp3) is 0.765. The van der Waals surface area contributed by atoms with E-state index in [1.54, 1.807) is 0 Å². The van der Waals surface area contributed by atoms with Gasteiger partial charge >= 0.3 is 0 Å². The van der Waals surface area contributed by atoms with Gasteiger partial charge in [0.05, 0.1) is 5.92 Å². The smallest absolute Gasteiger partial charge is 0.234 e. The van der Waals surface area contributed by atoms with Gasteiger partial charge < -0.3 is 5.32 Å². The van der Waals surface area contributed by atoms with Crippen LogP contribution in [0, 0.1) is 5.92 Å². The molecule has 128 valence electrons. The van der Waals surface area contributed by atoms with Crippen molar-refractivity contribution in [3.8, 4) is 0 Å². The summed E-state index contributed by atoms with van der Waals surface area (Å²) in [5.41, 5.74) is 0. The quantitative estimate of drug-likeness (QED) is 0.296. The molecule has 0 saturated carbocycles. The van der Waals surface area contributed by atoms with Gasteiger partial charge in [-0.1, -0.05) is 19.8 Å². The van der Waals surface area contributed by atoms with Crippen LogP contribution in [0.5, 0.6) is 0 Å². The Morgan fingerprint density at radius 3 is 2.41 bits per heavy atom. The number of likely N-dealkylation sites (tertiary alicyclic amines) is 1. The van der Waals surface area contributed by atoms with Gasteiger partial charge in [0.15, 0.2) is 0 Å².